The second-order valence-corrected chi connectivity index (χ2v) is 8.51. The molecule has 34 heavy (non-hydrogen) atoms. The van der Waals surface area contributed by atoms with Gasteiger partial charge in [-0.2, -0.15) is 0 Å². The molecule has 0 bridgehead atoms. The minimum Gasteiger partial charge on any atom is -0.507 e. The lowest BCUT2D eigenvalue weighted by Crippen LogP contribution is -2.31. The molecule has 2 heterocycles. The number of likely N-dealkylation sites (tertiary alicyclic amines) is 1. The highest BCUT2D eigenvalue weighted by Crippen LogP contribution is 2.40. The maximum atomic E-state index is 13.1. The molecule has 1 atom stereocenters. The van der Waals surface area contributed by atoms with Crippen LogP contribution >= 0.6 is 11.6 Å². The first-order valence-corrected chi connectivity index (χ1v) is 11.6. The number of halogens is 1. The van der Waals surface area contributed by atoms with Crippen LogP contribution in [-0.4, -0.2) is 44.4 Å². The number of aryl methyl sites for hydroxylation is 1. The number of hydrogen-bond donors (Lipinski definition) is 1. The molecule has 2 aromatic carbocycles. The molecular weight excluding hydrogens is 454 g/mol. The van der Waals surface area contributed by atoms with Crippen molar-refractivity contribution >= 4 is 29.1 Å². The number of amides is 1. The van der Waals surface area contributed by atoms with Crippen molar-refractivity contribution in [1.29, 1.82) is 0 Å². The second-order valence-electron chi connectivity index (χ2n) is 8.07. The predicted molar refractivity (Wildman–Crippen MR) is 130 cm³/mol. The lowest BCUT2D eigenvalue weighted by atomic mass is 9.95. The summed E-state index contributed by atoms with van der Waals surface area (Å²) in [5.41, 5.74) is 1.18. The van der Waals surface area contributed by atoms with Gasteiger partial charge in [-0.05, 0) is 54.8 Å². The van der Waals surface area contributed by atoms with E-state index in [1.165, 1.54) is 4.90 Å². The molecule has 1 aromatic heterocycles. The van der Waals surface area contributed by atoms with Gasteiger partial charge < -0.3 is 19.3 Å². The van der Waals surface area contributed by atoms with Crippen molar-refractivity contribution in [3.63, 3.8) is 0 Å². The molecule has 176 valence electrons. The summed E-state index contributed by atoms with van der Waals surface area (Å²) < 4.78 is 7.69. The van der Waals surface area contributed by atoms with Crippen LogP contribution in [0, 0.1) is 0 Å². The summed E-state index contributed by atoms with van der Waals surface area (Å²) in [6.07, 6.45) is 6.72. The molecular formula is C26H26ClN3O4. The number of carbonyl (C=O) groups is 2. The van der Waals surface area contributed by atoms with Crippen molar-refractivity contribution in [3.05, 3.63) is 89.0 Å². The molecule has 1 aliphatic rings. The maximum absolute atomic E-state index is 13.1. The summed E-state index contributed by atoms with van der Waals surface area (Å²) in [6, 6.07) is 13.1. The minimum absolute atomic E-state index is 0.0580. The Morgan fingerprint density at radius 1 is 1.15 bits per heavy atom. The number of benzene rings is 2. The van der Waals surface area contributed by atoms with Gasteiger partial charge in [-0.15, -0.1) is 0 Å². The number of imidazole rings is 1. The van der Waals surface area contributed by atoms with Gasteiger partial charge in [0.2, 0.25) is 0 Å². The smallest absolute Gasteiger partial charge is 0.295 e. The number of rotatable bonds is 9. The third-order valence-corrected chi connectivity index (χ3v) is 5.93. The number of hydrogen-bond acceptors (Lipinski definition) is 5. The molecule has 4 rings (SSSR count). The van der Waals surface area contributed by atoms with Gasteiger partial charge >= 0.3 is 0 Å². The first kappa shape index (κ1) is 23.6. The molecule has 1 N–H and O–H groups in total. The summed E-state index contributed by atoms with van der Waals surface area (Å²) in [6.45, 7) is 3.56. The van der Waals surface area contributed by atoms with Crippen LogP contribution in [0.25, 0.3) is 5.76 Å². The summed E-state index contributed by atoms with van der Waals surface area (Å²) in [5.74, 6) is -0.919. The quantitative estimate of drug-likeness (QED) is 0.270. The zero-order valence-corrected chi connectivity index (χ0v) is 19.6. The normalized spacial score (nSPS) is 17.4. The van der Waals surface area contributed by atoms with E-state index in [4.69, 9.17) is 16.3 Å². The predicted octanol–water partition coefficient (Wildman–Crippen LogP) is 4.84. The van der Waals surface area contributed by atoms with Crippen molar-refractivity contribution in [1.82, 2.24) is 14.5 Å². The number of aliphatic hydroxyl groups excluding tert-OH is 1. The lowest BCUT2D eigenvalue weighted by molar-refractivity contribution is -0.139. The Labute approximate surface area is 203 Å². The topological polar surface area (TPSA) is 84.7 Å². The molecule has 1 aliphatic heterocycles. The fourth-order valence-corrected chi connectivity index (χ4v) is 4.18. The van der Waals surface area contributed by atoms with E-state index >= 15 is 0 Å². The van der Waals surface area contributed by atoms with E-state index in [2.05, 4.69) is 4.98 Å². The number of Topliss-reactive ketones (excluding diaryl/α,β-unsaturated/α-hetero) is 1. The van der Waals surface area contributed by atoms with Crippen molar-refractivity contribution in [3.8, 4) is 5.75 Å². The zero-order chi connectivity index (χ0) is 24.1. The molecule has 1 fully saturated rings. The summed E-state index contributed by atoms with van der Waals surface area (Å²) in [7, 11) is 0. The zero-order valence-electron chi connectivity index (χ0n) is 18.9. The van der Waals surface area contributed by atoms with E-state index in [1.54, 1.807) is 36.8 Å². The Morgan fingerprint density at radius 2 is 1.94 bits per heavy atom. The molecule has 0 spiro atoms. The highest BCUT2D eigenvalue weighted by Gasteiger charge is 2.45. The van der Waals surface area contributed by atoms with Gasteiger partial charge in [0.05, 0.1) is 24.5 Å². The lowest BCUT2D eigenvalue weighted by Gasteiger charge is -2.25. The van der Waals surface area contributed by atoms with Crippen LogP contribution < -0.4 is 4.74 Å². The van der Waals surface area contributed by atoms with E-state index < -0.39 is 17.7 Å². The van der Waals surface area contributed by atoms with Gasteiger partial charge in [0, 0.05) is 36.1 Å². The fourth-order valence-electron chi connectivity index (χ4n) is 4.06. The number of ketones is 1. The van der Waals surface area contributed by atoms with Gasteiger partial charge in [-0.25, -0.2) is 4.98 Å². The van der Waals surface area contributed by atoms with E-state index in [0.717, 1.165) is 6.42 Å². The van der Waals surface area contributed by atoms with Crippen LogP contribution in [-0.2, 0) is 16.1 Å². The van der Waals surface area contributed by atoms with Crippen molar-refractivity contribution in [2.75, 3.05) is 13.2 Å². The standard InChI is InChI=1S/C26H26ClN3O4/c1-2-15-34-21-6-3-5-19(16-21)23-22(24(31)18-7-9-20(27)10-8-18)25(32)26(33)30(23)13-4-12-29-14-11-28-17-29/h3,5-11,14,16-17,23,31H,2,4,12-13,15H2,1H3/b24-22+/t23-/m1/s1. The molecule has 7 nitrogen and oxygen atoms in total. The summed E-state index contributed by atoms with van der Waals surface area (Å²) >= 11 is 5.99. The molecule has 0 unspecified atom stereocenters. The second kappa shape index (κ2) is 10.6. The molecule has 1 saturated heterocycles. The SMILES string of the molecule is CCCOc1cccc([C@@H]2/C(=C(\O)c3ccc(Cl)cc3)C(=O)C(=O)N2CCCn2ccnc2)c1. The first-order valence-electron chi connectivity index (χ1n) is 11.2. The largest absolute Gasteiger partial charge is 0.507 e. The molecule has 1 amide bonds. The highest BCUT2D eigenvalue weighted by molar-refractivity contribution is 6.46. The van der Waals surface area contributed by atoms with Crippen LogP contribution in [0.2, 0.25) is 5.02 Å². The molecule has 8 heteroatoms. The third-order valence-electron chi connectivity index (χ3n) is 5.68. The number of ether oxygens (including phenoxy) is 1. The molecule has 0 saturated carbocycles. The minimum atomic E-state index is -0.733. The molecule has 0 radical (unpaired) electrons. The van der Waals surface area contributed by atoms with Gasteiger partial charge in [-0.3, -0.25) is 9.59 Å². The maximum Gasteiger partial charge on any atom is 0.295 e. The monoisotopic (exact) mass is 479 g/mol. The Balaban J connectivity index is 1.73. The van der Waals surface area contributed by atoms with Crippen LogP contribution in [0.3, 0.4) is 0 Å². The van der Waals surface area contributed by atoms with E-state index in [9.17, 15) is 14.7 Å². The van der Waals surface area contributed by atoms with E-state index in [0.29, 0.717) is 48.0 Å². The number of aliphatic hydroxyl groups is 1. The van der Waals surface area contributed by atoms with Gasteiger partial charge in [0.15, 0.2) is 0 Å². The van der Waals surface area contributed by atoms with E-state index in [1.807, 2.05) is 42.0 Å². The van der Waals surface area contributed by atoms with Crippen molar-refractivity contribution in [2.24, 2.45) is 0 Å². The average molecular weight is 480 g/mol. The van der Waals surface area contributed by atoms with Crippen LogP contribution in [0.4, 0.5) is 0 Å². The Hall–Kier alpha value is -3.58. The van der Waals surface area contributed by atoms with Crippen LogP contribution in [0.5, 0.6) is 5.75 Å². The summed E-state index contributed by atoms with van der Waals surface area (Å²) in [4.78, 5) is 31.8. The van der Waals surface area contributed by atoms with Gasteiger partial charge in [0.25, 0.3) is 11.7 Å². The van der Waals surface area contributed by atoms with E-state index in [-0.39, 0.29) is 11.3 Å². The Morgan fingerprint density at radius 3 is 2.65 bits per heavy atom. The number of carbonyl (C=O) groups excluding carboxylic acids is 2. The fraction of sp³-hybridized carbons (Fsp3) is 0.269. The third kappa shape index (κ3) is 4.99. The first-order chi connectivity index (χ1) is 16.5. The van der Waals surface area contributed by atoms with Gasteiger partial charge in [0.1, 0.15) is 11.5 Å². The summed E-state index contributed by atoms with van der Waals surface area (Å²) in [5, 5.41) is 11.6. The Kier molecular flexibility index (Phi) is 7.33. The number of nitrogens with zero attached hydrogens (tertiary/aromatic N) is 3. The van der Waals surface area contributed by atoms with Gasteiger partial charge in [-0.1, -0.05) is 30.7 Å². The average Bonchev–Trinajstić information content (AvgIpc) is 3.45. The Bertz CT molecular complexity index is 1190. The highest BCUT2D eigenvalue weighted by atomic mass is 35.5. The van der Waals surface area contributed by atoms with Crippen molar-refractivity contribution in [2.45, 2.75) is 32.4 Å². The molecule has 3 aromatic rings. The van der Waals surface area contributed by atoms with Crippen LogP contribution in [0.1, 0.15) is 36.9 Å². The van der Waals surface area contributed by atoms with Crippen molar-refractivity contribution < 1.29 is 19.4 Å². The molecule has 0 aliphatic carbocycles. The number of aromatic nitrogens is 2. The van der Waals surface area contributed by atoms with Crippen LogP contribution in [0.15, 0.2) is 72.8 Å².